The minimum absolute atomic E-state index is 0.0861. The summed E-state index contributed by atoms with van der Waals surface area (Å²) in [6.07, 6.45) is -3.99. The number of aliphatic carboxylic acids is 1. The Bertz CT molecular complexity index is 768. The first-order chi connectivity index (χ1) is 12.5. The van der Waals surface area contributed by atoms with E-state index in [0.29, 0.717) is 31.5 Å². The molecule has 0 bridgehead atoms. The molecule has 0 aromatic heterocycles. The number of nitrogens with zero attached hydrogens (tertiary/aromatic N) is 2. The van der Waals surface area contributed by atoms with Gasteiger partial charge in [-0.05, 0) is 31.9 Å². The number of anilines is 1. The van der Waals surface area contributed by atoms with Gasteiger partial charge < -0.3 is 15.3 Å². The molecule has 1 heterocycles. The van der Waals surface area contributed by atoms with Crippen LogP contribution in [0.5, 0.6) is 0 Å². The molecular weight excluding hydrogens is 371 g/mol. The van der Waals surface area contributed by atoms with Gasteiger partial charge in [-0.15, -0.1) is 0 Å². The minimum Gasteiger partial charge on any atom is -0.480 e. The van der Waals surface area contributed by atoms with E-state index in [2.05, 4.69) is 5.32 Å². The lowest BCUT2D eigenvalue weighted by Crippen LogP contribution is -2.51. The monoisotopic (exact) mass is 389 g/mol. The van der Waals surface area contributed by atoms with Crippen molar-refractivity contribution in [1.29, 1.82) is 0 Å². The van der Waals surface area contributed by atoms with Crippen LogP contribution in [-0.4, -0.2) is 45.4 Å². The Morgan fingerprint density at radius 3 is 2.63 bits per heavy atom. The van der Waals surface area contributed by atoms with Gasteiger partial charge in [-0.2, -0.15) is 13.2 Å². The third-order valence-electron chi connectivity index (χ3n) is 4.58. The highest BCUT2D eigenvalue weighted by Crippen LogP contribution is 2.35. The summed E-state index contributed by atoms with van der Waals surface area (Å²) < 4.78 is 38.1. The van der Waals surface area contributed by atoms with Crippen molar-refractivity contribution in [3.63, 3.8) is 0 Å². The van der Waals surface area contributed by atoms with E-state index in [9.17, 15) is 38.0 Å². The number of amides is 1. The number of hydrogen-bond acceptors (Lipinski definition) is 5. The first kappa shape index (κ1) is 20.5. The number of alkyl halides is 3. The molecule has 0 saturated carbocycles. The van der Waals surface area contributed by atoms with E-state index in [4.69, 9.17) is 0 Å². The zero-order valence-electron chi connectivity index (χ0n) is 14.4. The topological polar surface area (TPSA) is 113 Å². The van der Waals surface area contributed by atoms with Crippen molar-refractivity contribution >= 4 is 23.3 Å². The van der Waals surface area contributed by atoms with Gasteiger partial charge in [0.25, 0.3) is 5.69 Å². The molecular formula is C16H18F3N3O5. The third kappa shape index (κ3) is 4.29. The summed E-state index contributed by atoms with van der Waals surface area (Å²) in [5.74, 6) is -1.56. The number of carboxylic acid groups (broad SMARTS) is 1. The molecule has 2 N–H and O–H groups in total. The Morgan fingerprint density at radius 1 is 1.41 bits per heavy atom. The summed E-state index contributed by atoms with van der Waals surface area (Å²) in [5, 5.41) is 22.9. The Hall–Kier alpha value is -2.85. The van der Waals surface area contributed by atoms with Crippen LogP contribution in [0.3, 0.4) is 0 Å². The lowest BCUT2D eigenvalue weighted by Gasteiger charge is -2.31. The lowest BCUT2D eigenvalue weighted by molar-refractivity contribution is -0.384. The van der Waals surface area contributed by atoms with E-state index in [1.54, 1.807) is 0 Å². The summed E-state index contributed by atoms with van der Waals surface area (Å²) in [5.41, 5.74) is -3.35. The van der Waals surface area contributed by atoms with E-state index >= 15 is 0 Å². The standard InChI is InChI=1S/C16H18F3N3O5/c1-15(14(24)25)6-2-8-21(15)13(23)5-7-20-11-4-3-10(16(17,18)19)9-12(11)22(26)27/h3-4,9,20H,2,5-8H2,1H3,(H,24,25). The number of carbonyl (C=O) groups excluding carboxylic acids is 1. The van der Waals surface area contributed by atoms with Crippen LogP contribution < -0.4 is 5.32 Å². The maximum absolute atomic E-state index is 12.7. The number of halogens is 3. The number of nitro groups is 1. The molecule has 0 radical (unpaired) electrons. The van der Waals surface area contributed by atoms with Gasteiger partial charge in [-0.25, -0.2) is 4.79 Å². The second-order valence-corrected chi connectivity index (χ2v) is 6.39. The normalized spacial score (nSPS) is 19.8. The summed E-state index contributed by atoms with van der Waals surface area (Å²) in [6.45, 7) is 1.66. The quantitative estimate of drug-likeness (QED) is 0.571. The molecule has 0 aliphatic carbocycles. The summed E-state index contributed by atoms with van der Waals surface area (Å²) >= 11 is 0. The predicted molar refractivity (Wildman–Crippen MR) is 88.2 cm³/mol. The second kappa shape index (κ2) is 7.41. The number of rotatable bonds is 6. The number of hydrogen-bond donors (Lipinski definition) is 2. The maximum Gasteiger partial charge on any atom is 0.416 e. The highest BCUT2D eigenvalue weighted by molar-refractivity contribution is 5.87. The highest BCUT2D eigenvalue weighted by Gasteiger charge is 2.45. The molecule has 1 saturated heterocycles. The number of benzene rings is 1. The van der Waals surface area contributed by atoms with Gasteiger partial charge in [-0.3, -0.25) is 14.9 Å². The molecule has 8 nitrogen and oxygen atoms in total. The molecule has 1 aromatic carbocycles. The molecule has 27 heavy (non-hydrogen) atoms. The average Bonchev–Trinajstić information content (AvgIpc) is 2.97. The van der Waals surface area contributed by atoms with Crippen LogP contribution in [0.25, 0.3) is 0 Å². The van der Waals surface area contributed by atoms with E-state index < -0.39 is 39.8 Å². The van der Waals surface area contributed by atoms with Crippen molar-refractivity contribution in [3.8, 4) is 0 Å². The van der Waals surface area contributed by atoms with Crippen LogP contribution >= 0.6 is 0 Å². The van der Waals surface area contributed by atoms with Gasteiger partial charge >= 0.3 is 12.1 Å². The van der Waals surface area contributed by atoms with Gasteiger partial charge in [0.05, 0.1) is 10.5 Å². The van der Waals surface area contributed by atoms with Crippen molar-refractivity contribution in [3.05, 3.63) is 33.9 Å². The molecule has 1 amide bonds. The van der Waals surface area contributed by atoms with Crippen LogP contribution in [0.1, 0.15) is 31.7 Å². The first-order valence-corrected chi connectivity index (χ1v) is 8.10. The van der Waals surface area contributed by atoms with E-state index in [0.717, 1.165) is 6.07 Å². The maximum atomic E-state index is 12.7. The van der Waals surface area contributed by atoms with Crippen LogP contribution in [0.4, 0.5) is 24.5 Å². The number of carboxylic acids is 1. The molecule has 1 aromatic rings. The Kier molecular flexibility index (Phi) is 5.62. The Balaban J connectivity index is 2.06. The molecule has 1 atom stereocenters. The number of nitrogens with one attached hydrogen (secondary N) is 1. The molecule has 1 unspecified atom stereocenters. The van der Waals surface area contributed by atoms with Gasteiger partial charge in [0.1, 0.15) is 11.2 Å². The fourth-order valence-corrected chi connectivity index (χ4v) is 3.03. The van der Waals surface area contributed by atoms with E-state index in [-0.39, 0.29) is 18.7 Å². The predicted octanol–water partition coefficient (Wildman–Crippen LogP) is 2.88. The fourth-order valence-electron chi connectivity index (χ4n) is 3.03. The van der Waals surface area contributed by atoms with Crippen molar-refractivity contribution < 1.29 is 32.8 Å². The van der Waals surface area contributed by atoms with Gasteiger partial charge in [0.2, 0.25) is 5.91 Å². The molecule has 1 aliphatic rings. The largest absolute Gasteiger partial charge is 0.480 e. The van der Waals surface area contributed by atoms with Crippen LogP contribution in [0.15, 0.2) is 18.2 Å². The minimum atomic E-state index is -4.71. The van der Waals surface area contributed by atoms with Gasteiger partial charge in [0, 0.05) is 25.6 Å². The molecule has 0 spiro atoms. The molecule has 1 fully saturated rings. The smallest absolute Gasteiger partial charge is 0.416 e. The number of carbonyl (C=O) groups is 2. The zero-order valence-corrected chi connectivity index (χ0v) is 14.4. The zero-order chi connectivity index (χ0) is 20.4. The number of nitro benzene ring substituents is 1. The summed E-state index contributed by atoms with van der Waals surface area (Å²) in [4.78, 5) is 35.0. The van der Waals surface area contributed by atoms with Crippen molar-refractivity contribution in [2.24, 2.45) is 0 Å². The Labute approximate surface area is 152 Å². The van der Waals surface area contributed by atoms with Crippen molar-refractivity contribution in [2.75, 3.05) is 18.4 Å². The summed E-state index contributed by atoms with van der Waals surface area (Å²) in [7, 11) is 0. The van der Waals surface area contributed by atoms with Crippen molar-refractivity contribution in [1.82, 2.24) is 4.90 Å². The average molecular weight is 389 g/mol. The highest BCUT2D eigenvalue weighted by atomic mass is 19.4. The molecule has 11 heteroatoms. The molecule has 148 valence electrons. The molecule has 2 rings (SSSR count). The van der Waals surface area contributed by atoms with Crippen LogP contribution in [0.2, 0.25) is 0 Å². The van der Waals surface area contributed by atoms with Crippen molar-refractivity contribution in [2.45, 2.75) is 37.9 Å². The first-order valence-electron chi connectivity index (χ1n) is 8.10. The SMILES string of the molecule is CC1(C(=O)O)CCCN1C(=O)CCNc1ccc(C(F)(F)F)cc1[N+](=O)[O-]. The lowest BCUT2D eigenvalue weighted by atomic mass is 9.99. The van der Waals surface area contributed by atoms with E-state index in [1.807, 2.05) is 0 Å². The third-order valence-corrected chi connectivity index (χ3v) is 4.58. The van der Waals surface area contributed by atoms with Gasteiger partial charge in [0.15, 0.2) is 0 Å². The Morgan fingerprint density at radius 2 is 2.07 bits per heavy atom. The second-order valence-electron chi connectivity index (χ2n) is 6.39. The van der Waals surface area contributed by atoms with Crippen LogP contribution in [0, 0.1) is 10.1 Å². The van der Waals surface area contributed by atoms with Crippen LogP contribution in [-0.2, 0) is 15.8 Å². The van der Waals surface area contributed by atoms with Gasteiger partial charge in [-0.1, -0.05) is 0 Å². The fraction of sp³-hybridized carbons (Fsp3) is 0.500. The molecule has 1 aliphatic heterocycles. The summed E-state index contributed by atoms with van der Waals surface area (Å²) in [6, 6.07) is 2.06. The number of likely N-dealkylation sites (tertiary alicyclic amines) is 1. The van der Waals surface area contributed by atoms with E-state index in [1.165, 1.54) is 11.8 Å².